The minimum Gasteiger partial charge on any atom is -0.485 e. The van der Waals surface area contributed by atoms with Crippen LogP contribution in [0.15, 0.2) is 41.5 Å². The number of nitrogens with one attached hydrogen (secondary N) is 1. The number of rotatable bonds is 3. The number of fused-ring (bicyclic) bond motifs is 1. The van der Waals surface area contributed by atoms with E-state index in [1.165, 1.54) is 6.08 Å². The van der Waals surface area contributed by atoms with Gasteiger partial charge in [-0.1, -0.05) is 18.2 Å². The fraction of sp³-hybridized carbons (Fsp3) is 0.333. The maximum absolute atomic E-state index is 12.3. The summed E-state index contributed by atoms with van der Waals surface area (Å²) in [6.45, 7) is 1.84. The van der Waals surface area contributed by atoms with E-state index in [2.05, 4.69) is 5.32 Å². The monoisotopic (exact) mass is 358 g/mol. The molecule has 0 aromatic heterocycles. The van der Waals surface area contributed by atoms with Crippen LogP contribution in [0.2, 0.25) is 0 Å². The minimum absolute atomic E-state index is 0.0645. The van der Waals surface area contributed by atoms with Crippen molar-refractivity contribution in [1.82, 2.24) is 5.32 Å². The molecule has 2 unspecified atom stereocenters. The third kappa shape index (κ3) is 3.91. The van der Waals surface area contributed by atoms with E-state index in [1.54, 1.807) is 0 Å². The van der Waals surface area contributed by atoms with Crippen LogP contribution in [-0.2, 0) is 14.6 Å². The second-order valence-electron chi connectivity index (χ2n) is 6.19. The van der Waals surface area contributed by atoms with Crippen molar-refractivity contribution in [3.63, 3.8) is 0 Å². The first-order chi connectivity index (χ1) is 11.9. The molecule has 3 rings (SSSR count). The van der Waals surface area contributed by atoms with Gasteiger partial charge < -0.3 is 10.1 Å². The topological polar surface area (TPSA) is 96.3 Å². The average Bonchev–Trinajstić information content (AvgIpc) is 2.91. The number of hydrogen-bond acceptors (Lipinski definition) is 5. The summed E-state index contributed by atoms with van der Waals surface area (Å²) in [5, 5.41) is 12.0. The number of ether oxygens (including phenoxy) is 1. The van der Waals surface area contributed by atoms with Gasteiger partial charge in [-0.15, -0.1) is 0 Å². The number of sulfone groups is 1. The highest BCUT2D eigenvalue weighted by atomic mass is 32.2. The number of benzene rings is 1. The molecule has 0 aliphatic carbocycles. The molecule has 2 atom stereocenters. The van der Waals surface area contributed by atoms with Crippen molar-refractivity contribution in [2.24, 2.45) is 0 Å². The molecule has 130 valence electrons. The molecule has 7 heteroatoms. The number of carbonyl (C=O) groups is 1. The van der Waals surface area contributed by atoms with Crippen LogP contribution in [0.3, 0.4) is 0 Å². The Hall–Kier alpha value is -2.59. The summed E-state index contributed by atoms with van der Waals surface area (Å²) < 4.78 is 28.8. The molecule has 1 aromatic rings. The van der Waals surface area contributed by atoms with E-state index in [0.717, 1.165) is 11.3 Å². The van der Waals surface area contributed by atoms with Gasteiger partial charge >= 0.3 is 0 Å². The molecule has 1 N–H and O–H groups in total. The Morgan fingerprint density at radius 2 is 2.16 bits per heavy atom. The summed E-state index contributed by atoms with van der Waals surface area (Å²) in [6, 6.07) is 8.97. The average molecular weight is 358 g/mol. The summed E-state index contributed by atoms with van der Waals surface area (Å²) in [5.74, 6) is 0.187. The van der Waals surface area contributed by atoms with E-state index in [-0.39, 0.29) is 23.2 Å². The second-order valence-corrected chi connectivity index (χ2v) is 8.41. The molecule has 0 saturated carbocycles. The number of para-hydroxylation sites is 1. The van der Waals surface area contributed by atoms with E-state index in [1.807, 2.05) is 43.3 Å². The summed E-state index contributed by atoms with van der Waals surface area (Å²) in [7, 11) is -3.09. The van der Waals surface area contributed by atoms with Gasteiger partial charge in [0, 0.05) is 11.6 Å². The molecule has 1 aromatic carbocycles. The molecule has 25 heavy (non-hydrogen) atoms. The van der Waals surface area contributed by atoms with E-state index >= 15 is 0 Å². The quantitative estimate of drug-likeness (QED) is 0.654. The van der Waals surface area contributed by atoms with Crippen LogP contribution in [0.4, 0.5) is 0 Å². The lowest BCUT2D eigenvalue weighted by Gasteiger charge is -2.23. The van der Waals surface area contributed by atoms with Crippen molar-refractivity contribution in [2.75, 3.05) is 11.5 Å². The van der Waals surface area contributed by atoms with Crippen LogP contribution in [0.25, 0.3) is 6.08 Å². The van der Waals surface area contributed by atoms with Gasteiger partial charge in [0.25, 0.3) is 5.91 Å². The Morgan fingerprint density at radius 1 is 1.40 bits per heavy atom. The molecule has 0 spiro atoms. The molecule has 2 aliphatic rings. The maximum Gasteiger partial charge on any atom is 0.262 e. The zero-order valence-corrected chi connectivity index (χ0v) is 14.5. The Bertz CT molecular complexity index is 909. The number of nitriles is 1. The van der Waals surface area contributed by atoms with Crippen molar-refractivity contribution in [1.29, 1.82) is 5.26 Å². The zero-order chi connectivity index (χ0) is 18.0. The van der Waals surface area contributed by atoms with Gasteiger partial charge in [-0.3, -0.25) is 4.79 Å². The lowest BCUT2D eigenvalue weighted by atomic mass is 10.00. The van der Waals surface area contributed by atoms with Gasteiger partial charge in [0.1, 0.15) is 23.5 Å². The van der Waals surface area contributed by atoms with Crippen LogP contribution in [0.5, 0.6) is 5.75 Å². The van der Waals surface area contributed by atoms with Gasteiger partial charge in [0.05, 0.1) is 11.5 Å². The van der Waals surface area contributed by atoms with Crippen molar-refractivity contribution in [2.45, 2.75) is 25.5 Å². The van der Waals surface area contributed by atoms with E-state index < -0.39 is 21.8 Å². The van der Waals surface area contributed by atoms with Crippen LogP contribution >= 0.6 is 0 Å². The second kappa shape index (κ2) is 6.73. The summed E-state index contributed by atoms with van der Waals surface area (Å²) >= 11 is 0. The summed E-state index contributed by atoms with van der Waals surface area (Å²) in [4.78, 5) is 12.3. The van der Waals surface area contributed by atoms with Crippen LogP contribution in [0.1, 0.15) is 18.9 Å². The van der Waals surface area contributed by atoms with E-state index in [0.29, 0.717) is 12.0 Å². The first kappa shape index (κ1) is 17.2. The highest BCUT2D eigenvalue weighted by Gasteiger charge is 2.29. The van der Waals surface area contributed by atoms with Crippen LogP contribution in [-0.4, -0.2) is 38.0 Å². The maximum atomic E-state index is 12.3. The normalized spacial score (nSPS) is 24.5. The smallest absolute Gasteiger partial charge is 0.262 e. The van der Waals surface area contributed by atoms with Gasteiger partial charge in [0.15, 0.2) is 9.84 Å². The SMILES string of the molecule is CC1Oc2ccccc2C=C1C=C(C#N)C(=O)NC1CCS(=O)(=O)C1. The van der Waals surface area contributed by atoms with Crippen LogP contribution < -0.4 is 10.1 Å². The predicted molar refractivity (Wildman–Crippen MR) is 93.4 cm³/mol. The number of hydrogen-bond donors (Lipinski definition) is 1. The fourth-order valence-corrected chi connectivity index (χ4v) is 4.58. The number of carbonyl (C=O) groups excluding carboxylic acids is 1. The van der Waals surface area contributed by atoms with E-state index in [9.17, 15) is 18.5 Å². The van der Waals surface area contributed by atoms with Crippen molar-refractivity contribution in [3.05, 3.63) is 47.1 Å². The first-order valence-electron chi connectivity index (χ1n) is 7.98. The molecule has 1 saturated heterocycles. The predicted octanol–water partition coefficient (Wildman–Crippen LogP) is 1.60. The highest BCUT2D eigenvalue weighted by molar-refractivity contribution is 7.91. The Morgan fingerprint density at radius 3 is 2.84 bits per heavy atom. The Balaban J connectivity index is 1.80. The standard InChI is InChI=1S/C18H18N2O4S/c1-12-14(8-13-4-2-3-5-17(13)24-12)9-15(10-19)18(21)20-16-6-7-25(22,23)11-16/h2-5,8-9,12,16H,6-7,11H2,1H3,(H,20,21). The molecular weight excluding hydrogens is 340 g/mol. The molecule has 0 radical (unpaired) electrons. The Kier molecular flexibility index (Phi) is 4.64. The molecular formula is C18H18N2O4S. The molecule has 2 aliphatic heterocycles. The Labute approximate surface area is 146 Å². The van der Waals surface area contributed by atoms with Gasteiger partial charge in [-0.05, 0) is 37.1 Å². The van der Waals surface area contributed by atoms with E-state index in [4.69, 9.17) is 4.74 Å². The highest BCUT2D eigenvalue weighted by Crippen LogP contribution is 2.30. The van der Waals surface area contributed by atoms with Crippen molar-refractivity contribution >= 4 is 21.8 Å². The number of amides is 1. The summed E-state index contributed by atoms with van der Waals surface area (Å²) in [6.07, 6.45) is 3.47. The van der Waals surface area contributed by atoms with Crippen molar-refractivity contribution in [3.8, 4) is 11.8 Å². The van der Waals surface area contributed by atoms with Gasteiger partial charge in [0.2, 0.25) is 0 Å². The summed E-state index contributed by atoms with van der Waals surface area (Å²) in [5.41, 5.74) is 1.53. The number of nitrogens with zero attached hydrogens (tertiary/aromatic N) is 1. The molecule has 1 fully saturated rings. The van der Waals surface area contributed by atoms with Gasteiger partial charge in [-0.25, -0.2) is 8.42 Å². The first-order valence-corrected chi connectivity index (χ1v) is 9.80. The third-order valence-corrected chi connectivity index (χ3v) is 6.03. The molecule has 1 amide bonds. The largest absolute Gasteiger partial charge is 0.485 e. The molecule has 2 heterocycles. The lowest BCUT2D eigenvalue weighted by molar-refractivity contribution is -0.117. The minimum atomic E-state index is -3.09. The lowest BCUT2D eigenvalue weighted by Crippen LogP contribution is -2.36. The van der Waals surface area contributed by atoms with Crippen LogP contribution in [0, 0.1) is 11.3 Å². The zero-order valence-electron chi connectivity index (χ0n) is 13.7. The van der Waals surface area contributed by atoms with Gasteiger partial charge in [-0.2, -0.15) is 5.26 Å². The fourth-order valence-electron chi connectivity index (χ4n) is 2.91. The third-order valence-electron chi connectivity index (χ3n) is 4.26. The molecule has 0 bridgehead atoms. The molecule has 6 nitrogen and oxygen atoms in total. The van der Waals surface area contributed by atoms with Crippen molar-refractivity contribution < 1.29 is 17.9 Å².